The Morgan fingerprint density at radius 1 is 1.28 bits per heavy atom. The SMILES string of the molecule is CCc1cc2c(nc1-c1cccc(C(F)(F)F)c1)NC1CCCN2C1. The van der Waals surface area contributed by atoms with Crippen LogP contribution in [0.5, 0.6) is 0 Å². The van der Waals surface area contributed by atoms with Crippen LogP contribution < -0.4 is 10.2 Å². The number of benzene rings is 1. The second-order valence-corrected chi connectivity index (χ2v) is 6.73. The second-order valence-electron chi connectivity index (χ2n) is 6.73. The summed E-state index contributed by atoms with van der Waals surface area (Å²) in [5, 5.41) is 3.46. The number of hydrogen-bond donors (Lipinski definition) is 1. The molecule has 1 saturated heterocycles. The largest absolute Gasteiger partial charge is 0.416 e. The Kier molecular flexibility index (Phi) is 3.85. The highest BCUT2D eigenvalue weighted by Gasteiger charge is 2.32. The summed E-state index contributed by atoms with van der Waals surface area (Å²) in [5.41, 5.74) is 2.57. The minimum absolute atomic E-state index is 0.371. The lowest BCUT2D eigenvalue weighted by molar-refractivity contribution is -0.137. The number of alkyl halides is 3. The Bertz CT molecular complexity index is 801. The van der Waals surface area contributed by atoms with Gasteiger partial charge in [0.1, 0.15) is 0 Å². The van der Waals surface area contributed by atoms with Crippen LogP contribution >= 0.6 is 0 Å². The summed E-state index contributed by atoms with van der Waals surface area (Å²) in [7, 11) is 0. The molecule has 2 aromatic rings. The molecule has 0 aliphatic carbocycles. The van der Waals surface area contributed by atoms with Crippen LogP contribution in [0.1, 0.15) is 30.9 Å². The Hall–Kier alpha value is -2.24. The molecule has 132 valence electrons. The summed E-state index contributed by atoms with van der Waals surface area (Å²) in [5.74, 6) is 0.792. The van der Waals surface area contributed by atoms with Crippen molar-refractivity contribution in [1.29, 1.82) is 0 Å². The predicted molar refractivity (Wildman–Crippen MR) is 92.9 cm³/mol. The first-order chi connectivity index (χ1) is 12.0. The van der Waals surface area contributed by atoms with Crippen molar-refractivity contribution >= 4 is 11.5 Å². The fraction of sp³-hybridized carbons (Fsp3) is 0.421. The van der Waals surface area contributed by atoms with Gasteiger partial charge in [-0.3, -0.25) is 0 Å². The van der Waals surface area contributed by atoms with Gasteiger partial charge < -0.3 is 10.2 Å². The van der Waals surface area contributed by atoms with E-state index in [9.17, 15) is 13.2 Å². The van der Waals surface area contributed by atoms with Crippen molar-refractivity contribution in [3.05, 3.63) is 41.5 Å². The van der Waals surface area contributed by atoms with Crippen LogP contribution in [0.3, 0.4) is 0 Å². The van der Waals surface area contributed by atoms with E-state index in [1.165, 1.54) is 12.1 Å². The Morgan fingerprint density at radius 2 is 2.12 bits per heavy atom. The van der Waals surface area contributed by atoms with Crippen molar-refractivity contribution in [3.8, 4) is 11.3 Å². The molecule has 4 rings (SSSR count). The van der Waals surface area contributed by atoms with E-state index in [0.717, 1.165) is 55.5 Å². The number of fused-ring (bicyclic) bond motifs is 4. The first kappa shape index (κ1) is 16.2. The third kappa shape index (κ3) is 2.94. The highest BCUT2D eigenvalue weighted by molar-refractivity contribution is 5.77. The number of nitrogens with one attached hydrogen (secondary N) is 1. The summed E-state index contributed by atoms with van der Waals surface area (Å²) in [6.07, 6.45) is -1.37. The normalized spacial score (nSPS) is 19.4. The quantitative estimate of drug-likeness (QED) is 0.852. The van der Waals surface area contributed by atoms with E-state index in [2.05, 4.69) is 16.3 Å². The lowest BCUT2D eigenvalue weighted by Gasteiger charge is -2.41. The summed E-state index contributed by atoms with van der Waals surface area (Å²) in [6.45, 7) is 4.00. The molecule has 25 heavy (non-hydrogen) atoms. The fourth-order valence-corrected chi connectivity index (χ4v) is 3.76. The molecule has 1 N–H and O–H groups in total. The molecule has 1 unspecified atom stereocenters. The van der Waals surface area contributed by atoms with Gasteiger partial charge in [0.2, 0.25) is 0 Å². The van der Waals surface area contributed by atoms with Gasteiger partial charge in [-0.2, -0.15) is 13.2 Å². The number of aromatic nitrogens is 1. The van der Waals surface area contributed by atoms with Crippen LogP contribution in [0.4, 0.5) is 24.7 Å². The fourth-order valence-electron chi connectivity index (χ4n) is 3.76. The molecular weight excluding hydrogens is 327 g/mol. The van der Waals surface area contributed by atoms with Gasteiger partial charge in [-0.25, -0.2) is 4.98 Å². The maximum absolute atomic E-state index is 13.1. The topological polar surface area (TPSA) is 28.2 Å². The predicted octanol–water partition coefficient (Wildman–Crippen LogP) is 4.72. The molecule has 6 heteroatoms. The standard InChI is InChI=1S/C19H20F3N3/c1-2-12-10-16-18(23-15-7-4-8-25(16)11-15)24-17(12)13-5-3-6-14(9-13)19(20,21)22/h3,5-6,9-10,15H,2,4,7-8,11H2,1H3,(H,23,24). The number of anilines is 2. The molecule has 0 spiro atoms. The number of pyridine rings is 1. The molecule has 1 atom stereocenters. The van der Waals surface area contributed by atoms with E-state index < -0.39 is 11.7 Å². The zero-order valence-electron chi connectivity index (χ0n) is 14.0. The highest BCUT2D eigenvalue weighted by atomic mass is 19.4. The van der Waals surface area contributed by atoms with E-state index in [1.807, 2.05) is 6.92 Å². The lowest BCUT2D eigenvalue weighted by atomic mass is 9.98. The lowest BCUT2D eigenvalue weighted by Crippen LogP contribution is -2.46. The maximum atomic E-state index is 13.1. The van der Waals surface area contributed by atoms with Crippen molar-refractivity contribution in [3.63, 3.8) is 0 Å². The highest BCUT2D eigenvalue weighted by Crippen LogP contribution is 2.38. The Balaban J connectivity index is 1.82. The molecule has 0 radical (unpaired) electrons. The van der Waals surface area contributed by atoms with E-state index in [-0.39, 0.29) is 0 Å². The average molecular weight is 347 g/mol. The van der Waals surface area contributed by atoms with Crippen LogP contribution in [0, 0.1) is 0 Å². The van der Waals surface area contributed by atoms with Crippen molar-refractivity contribution in [2.45, 2.75) is 38.4 Å². The number of halogens is 3. The van der Waals surface area contributed by atoms with Gasteiger partial charge in [-0.1, -0.05) is 19.1 Å². The summed E-state index contributed by atoms with van der Waals surface area (Å²) < 4.78 is 39.2. The first-order valence-electron chi connectivity index (χ1n) is 8.68. The Morgan fingerprint density at radius 3 is 2.88 bits per heavy atom. The van der Waals surface area contributed by atoms with Crippen molar-refractivity contribution in [2.75, 3.05) is 23.3 Å². The summed E-state index contributed by atoms with van der Waals surface area (Å²) in [4.78, 5) is 7.08. The number of aryl methyl sites for hydroxylation is 1. The maximum Gasteiger partial charge on any atom is 0.416 e. The minimum Gasteiger partial charge on any atom is -0.366 e. The summed E-state index contributed by atoms with van der Waals surface area (Å²) >= 11 is 0. The van der Waals surface area contributed by atoms with Crippen LogP contribution in [0.15, 0.2) is 30.3 Å². The number of nitrogens with zero attached hydrogens (tertiary/aromatic N) is 2. The Labute approximate surface area is 144 Å². The van der Waals surface area contributed by atoms with Crippen molar-refractivity contribution < 1.29 is 13.2 Å². The molecule has 2 bridgehead atoms. The third-order valence-corrected chi connectivity index (χ3v) is 5.03. The van der Waals surface area contributed by atoms with Crippen LogP contribution in [-0.4, -0.2) is 24.1 Å². The minimum atomic E-state index is -4.35. The van der Waals surface area contributed by atoms with Gasteiger partial charge in [0.05, 0.1) is 16.9 Å². The number of rotatable bonds is 2. The van der Waals surface area contributed by atoms with Gasteiger partial charge in [-0.15, -0.1) is 0 Å². The average Bonchev–Trinajstić information content (AvgIpc) is 2.60. The monoisotopic (exact) mass is 347 g/mol. The van der Waals surface area contributed by atoms with Crippen molar-refractivity contribution in [1.82, 2.24) is 4.98 Å². The summed E-state index contributed by atoms with van der Waals surface area (Å²) in [6, 6.07) is 7.90. The molecule has 3 nitrogen and oxygen atoms in total. The molecule has 3 heterocycles. The van der Waals surface area contributed by atoms with Crippen LogP contribution in [-0.2, 0) is 12.6 Å². The number of piperidine rings is 1. The molecule has 2 aliphatic heterocycles. The van der Waals surface area contributed by atoms with Gasteiger partial charge >= 0.3 is 6.18 Å². The number of hydrogen-bond acceptors (Lipinski definition) is 3. The smallest absolute Gasteiger partial charge is 0.366 e. The molecule has 2 aliphatic rings. The van der Waals surface area contributed by atoms with Crippen LogP contribution in [0.25, 0.3) is 11.3 Å². The molecule has 0 saturated carbocycles. The van der Waals surface area contributed by atoms with E-state index in [0.29, 0.717) is 17.3 Å². The third-order valence-electron chi connectivity index (χ3n) is 5.03. The molecule has 1 aromatic heterocycles. The van der Waals surface area contributed by atoms with Crippen LogP contribution in [0.2, 0.25) is 0 Å². The van der Waals surface area contributed by atoms with Gasteiger partial charge in [0.25, 0.3) is 0 Å². The van der Waals surface area contributed by atoms with Crippen molar-refractivity contribution in [2.24, 2.45) is 0 Å². The van der Waals surface area contributed by atoms with Gasteiger partial charge in [-0.05, 0) is 43.0 Å². The second kappa shape index (κ2) is 5.93. The van der Waals surface area contributed by atoms with Gasteiger partial charge in [0, 0.05) is 24.7 Å². The van der Waals surface area contributed by atoms with Gasteiger partial charge in [0.15, 0.2) is 5.82 Å². The first-order valence-corrected chi connectivity index (χ1v) is 8.68. The molecule has 0 amide bonds. The zero-order chi connectivity index (χ0) is 17.6. The molecule has 1 aromatic carbocycles. The molecule has 1 fully saturated rings. The zero-order valence-corrected chi connectivity index (χ0v) is 14.0. The molecular formula is C19H20F3N3. The van der Waals surface area contributed by atoms with E-state index >= 15 is 0 Å². The van der Waals surface area contributed by atoms with E-state index in [4.69, 9.17) is 4.98 Å². The van der Waals surface area contributed by atoms with E-state index in [1.54, 1.807) is 6.07 Å².